The van der Waals surface area contributed by atoms with Crippen molar-refractivity contribution in [2.75, 3.05) is 27.4 Å². The number of aryl methyl sites for hydroxylation is 2. The van der Waals surface area contributed by atoms with Crippen LogP contribution in [-0.4, -0.2) is 38.3 Å². The first-order chi connectivity index (χ1) is 12.6. The number of benzene rings is 1. The van der Waals surface area contributed by atoms with E-state index in [-0.39, 0.29) is 0 Å². The monoisotopic (exact) mass is 356 g/mol. The number of nitrogens with zero attached hydrogens (tertiary/aromatic N) is 2. The normalized spacial score (nSPS) is 11.3. The van der Waals surface area contributed by atoms with E-state index in [4.69, 9.17) is 9.47 Å². The van der Waals surface area contributed by atoms with E-state index in [0.29, 0.717) is 26.3 Å². The van der Waals surface area contributed by atoms with Crippen molar-refractivity contribution in [1.29, 1.82) is 0 Å². The van der Waals surface area contributed by atoms with Gasteiger partial charge in [-0.05, 0) is 37.6 Å². The van der Waals surface area contributed by atoms with Crippen molar-refractivity contribution in [2.24, 2.45) is 4.99 Å². The van der Waals surface area contributed by atoms with Crippen molar-refractivity contribution in [2.45, 2.75) is 26.9 Å². The van der Waals surface area contributed by atoms with Crippen molar-refractivity contribution in [3.8, 4) is 5.75 Å². The van der Waals surface area contributed by atoms with Gasteiger partial charge >= 0.3 is 0 Å². The maximum absolute atomic E-state index is 5.83. The lowest BCUT2D eigenvalue weighted by Gasteiger charge is -2.15. The first-order valence-electron chi connectivity index (χ1n) is 8.70. The Balaban J connectivity index is 1.93. The van der Waals surface area contributed by atoms with Crippen LogP contribution in [0.25, 0.3) is 0 Å². The number of aliphatic imine (C=N–C) groups is 1. The second-order valence-electron chi connectivity index (χ2n) is 6.00. The van der Waals surface area contributed by atoms with Gasteiger partial charge in [-0.15, -0.1) is 0 Å². The molecule has 1 aromatic carbocycles. The standard InChI is InChI=1S/C20H28N4O2/c1-15-8-9-17(19(12-15)26-11-10-25-4)13-22-20(21-3)23-14-18-7-5-6-16(2)24-18/h5-9,12H,10-11,13-14H2,1-4H3,(H2,21,22,23). The Morgan fingerprint density at radius 1 is 1.08 bits per heavy atom. The van der Waals surface area contributed by atoms with E-state index in [1.807, 2.05) is 31.2 Å². The van der Waals surface area contributed by atoms with E-state index in [0.717, 1.165) is 34.2 Å². The van der Waals surface area contributed by atoms with E-state index in [1.165, 1.54) is 0 Å². The average molecular weight is 356 g/mol. The van der Waals surface area contributed by atoms with Gasteiger partial charge in [-0.1, -0.05) is 18.2 Å². The van der Waals surface area contributed by atoms with Gasteiger partial charge in [-0.3, -0.25) is 9.98 Å². The summed E-state index contributed by atoms with van der Waals surface area (Å²) in [6, 6.07) is 12.2. The summed E-state index contributed by atoms with van der Waals surface area (Å²) in [5.74, 6) is 1.59. The molecule has 2 rings (SSSR count). The number of aromatic nitrogens is 1. The quantitative estimate of drug-likeness (QED) is 0.432. The van der Waals surface area contributed by atoms with Crippen LogP contribution in [0.2, 0.25) is 0 Å². The van der Waals surface area contributed by atoms with Gasteiger partial charge in [0, 0.05) is 32.0 Å². The van der Waals surface area contributed by atoms with Gasteiger partial charge in [0.05, 0.1) is 18.8 Å². The summed E-state index contributed by atoms with van der Waals surface area (Å²) in [6.45, 7) is 6.36. The molecule has 0 saturated heterocycles. The first-order valence-corrected chi connectivity index (χ1v) is 8.70. The predicted molar refractivity (Wildman–Crippen MR) is 105 cm³/mol. The van der Waals surface area contributed by atoms with Gasteiger partial charge in [-0.25, -0.2) is 0 Å². The SMILES string of the molecule is CN=C(NCc1cccc(C)n1)NCc1ccc(C)cc1OCCOC. The maximum atomic E-state index is 5.83. The van der Waals surface area contributed by atoms with Gasteiger partial charge in [0.2, 0.25) is 0 Å². The fraction of sp³-hybridized carbons (Fsp3) is 0.400. The molecule has 2 N–H and O–H groups in total. The van der Waals surface area contributed by atoms with Crippen LogP contribution in [0.5, 0.6) is 5.75 Å². The van der Waals surface area contributed by atoms with Crippen LogP contribution < -0.4 is 15.4 Å². The minimum Gasteiger partial charge on any atom is -0.491 e. The average Bonchev–Trinajstić information content (AvgIpc) is 2.63. The molecule has 0 aliphatic rings. The Labute approximate surface area is 155 Å². The zero-order valence-corrected chi connectivity index (χ0v) is 16.0. The molecular formula is C20H28N4O2. The lowest BCUT2D eigenvalue weighted by molar-refractivity contribution is 0.145. The smallest absolute Gasteiger partial charge is 0.191 e. The summed E-state index contributed by atoms with van der Waals surface area (Å²) < 4.78 is 10.9. The number of methoxy groups -OCH3 is 1. The highest BCUT2D eigenvalue weighted by atomic mass is 16.5. The Bertz CT molecular complexity index is 732. The van der Waals surface area contributed by atoms with E-state index >= 15 is 0 Å². The number of pyridine rings is 1. The zero-order valence-electron chi connectivity index (χ0n) is 16.0. The molecule has 2 aromatic rings. The molecule has 0 amide bonds. The highest BCUT2D eigenvalue weighted by molar-refractivity contribution is 5.79. The minimum atomic E-state index is 0.527. The molecule has 0 aliphatic heterocycles. The van der Waals surface area contributed by atoms with Crippen LogP contribution in [0.15, 0.2) is 41.4 Å². The third kappa shape index (κ3) is 6.37. The van der Waals surface area contributed by atoms with Crippen LogP contribution in [0.1, 0.15) is 22.5 Å². The summed E-state index contributed by atoms with van der Waals surface area (Å²) in [7, 11) is 3.42. The van der Waals surface area contributed by atoms with Crippen LogP contribution in [0.3, 0.4) is 0 Å². The van der Waals surface area contributed by atoms with Gasteiger partial charge in [0.1, 0.15) is 12.4 Å². The second-order valence-corrected chi connectivity index (χ2v) is 6.00. The lowest BCUT2D eigenvalue weighted by atomic mass is 10.1. The molecule has 0 unspecified atom stereocenters. The Morgan fingerprint density at radius 2 is 1.88 bits per heavy atom. The number of hydrogen-bond acceptors (Lipinski definition) is 4. The number of nitrogens with one attached hydrogen (secondary N) is 2. The van der Waals surface area contributed by atoms with Crippen LogP contribution in [0.4, 0.5) is 0 Å². The molecule has 0 spiro atoms. The third-order valence-corrected chi connectivity index (χ3v) is 3.82. The summed E-state index contributed by atoms with van der Waals surface area (Å²) >= 11 is 0. The van der Waals surface area contributed by atoms with E-state index in [1.54, 1.807) is 14.2 Å². The maximum Gasteiger partial charge on any atom is 0.191 e. The van der Waals surface area contributed by atoms with Gasteiger partial charge in [0.15, 0.2) is 5.96 Å². The van der Waals surface area contributed by atoms with Crippen LogP contribution >= 0.6 is 0 Å². The third-order valence-electron chi connectivity index (χ3n) is 3.82. The molecule has 6 heteroatoms. The molecule has 1 heterocycles. The number of hydrogen-bond donors (Lipinski definition) is 2. The molecule has 1 aromatic heterocycles. The zero-order chi connectivity index (χ0) is 18.8. The van der Waals surface area contributed by atoms with Gasteiger partial charge in [-0.2, -0.15) is 0 Å². The minimum absolute atomic E-state index is 0.527. The molecule has 0 radical (unpaired) electrons. The molecule has 0 aliphatic carbocycles. The summed E-state index contributed by atoms with van der Waals surface area (Å²) in [4.78, 5) is 8.76. The van der Waals surface area contributed by atoms with E-state index in [9.17, 15) is 0 Å². The Hall–Kier alpha value is -2.60. The Kier molecular flexibility index (Phi) is 7.89. The highest BCUT2D eigenvalue weighted by Crippen LogP contribution is 2.20. The molecule has 6 nitrogen and oxygen atoms in total. The molecule has 0 saturated carbocycles. The van der Waals surface area contributed by atoms with Crippen molar-refractivity contribution in [3.05, 3.63) is 58.9 Å². The van der Waals surface area contributed by atoms with Crippen molar-refractivity contribution >= 4 is 5.96 Å². The lowest BCUT2D eigenvalue weighted by Crippen LogP contribution is -2.36. The van der Waals surface area contributed by atoms with Crippen molar-refractivity contribution < 1.29 is 9.47 Å². The van der Waals surface area contributed by atoms with Gasteiger partial charge in [0.25, 0.3) is 0 Å². The van der Waals surface area contributed by atoms with E-state index in [2.05, 4.69) is 39.7 Å². The molecule has 0 bridgehead atoms. The fourth-order valence-corrected chi connectivity index (χ4v) is 2.45. The summed E-state index contributed by atoms with van der Waals surface area (Å²) in [5, 5.41) is 6.60. The summed E-state index contributed by atoms with van der Waals surface area (Å²) in [6.07, 6.45) is 0. The summed E-state index contributed by atoms with van der Waals surface area (Å²) in [5.41, 5.74) is 4.22. The highest BCUT2D eigenvalue weighted by Gasteiger charge is 2.06. The number of rotatable bonds is 8. The number of ether oxygens (including phenoxy) is 2. The molecule has 26 heavy (non-hydrogen) atoms. The first kappa shape index (κ1) is 19.7. The predicted octanol–water partition coefficient (Wildman–Crippen LogP) is 2.59. The molecular weight excluding hydrogens is 328 g/mol. The topological polar surface area (TPSA) is 67.8 Å². The van der Waals surface area contributed by atoms with Crippen molar-refractivity contribution in [3.63, 3.8) is 0 Å². The second kappa shape index (κ2) is 10.4. The molecule has 0 atom stereocenters. The van der Waals surface area contributed by atoms with Crippen molar-refractivity contribution in [1.82, 2.24) is 15.6 Å². The van der Waals surface area contributed by atoms with Crippen LogP contribution in [-0.2, 0) is 17.8 Å². The molecule has 140 valence electrons. The largest absolute Gasteiger partial charge is 0.491 e. The fourth-order valence-electron chi connectivity index (χ4n) is 2.45. The van der Waals surface area contributed by atoms with Gasteiger partial charge < -0.3 is 20.1 Å². The Morgan fingerprint density at radius 3 is 2.62 bits per heavy atom. The van der Waals surface area contributed by atoms with Crippen LogP contribution in [0, 0.1) is 13.8 Å². The molecule has 0 fully saturated rings. The van der Waals surface area contributed by atoms with E-state index < -0.39 is 0 Å². The number of guanidine groups is 1.